The number of benzene rings is 1. The summed E-state index contributed by atoms with van der Waals surface area (Å²) in [4.78, 5) is 0.224. The summed E-state index contributed by atoms with van der Waals surface area (Å²) in [6.45, 7) is 5.12. The van der Waals surface area contributed by atoms with Crippen LogP contribution in [0.4, 0.5) is 5.69 Å². The SMILES string of the molecule is CCOC1CCCN(S(=O)(=O)c2cc(N)c(Cl)cc2C)C1. The third-order valence-electron chi connectivity index (χ3n) is 3.66. The first kappa shape index (κ1) is 16.5. The Bertz CT molecular complexity index is 617. The molecule has 1 heterocycles. The molecule has 1 aliphatic heterocycles. The van der Waals surface area contributed by atoms with Crippen molar-refractivity contribution < 1.29 is 13.2 Å². The largest absolute Gasteiger partial charge is 0.397 e. The van der Waals surface area contributed by atoms with Gasteiger partial charge in [0.1, 0.15) is 0 Å². The lowest BCUT2D eigenvalue weighted by molar-refractivity contribution is 0.0265. The Balaban J connectivity index is 2.31. The Morgan fingerprint density at radius 3 is 2.86 bits per heavy atom. The van der Waals surface area contributed by atoms with Gasteiger partial charge in [0.05, 0.1) is 21.7 Å². The summed E-state index contributed by atoms with van der Waals surface area (Å²) < 4.78 is 32.6. The number of aryl methyl sites for hydroxylation is 1. The summed E-state index contributed by atoms with van der Waals surface area (Å²) in [6.07, 6.45) is 1.65. The molecular weight excluding hydrogens is 312 g/mol. The van der Waals surface area contributed by atoms with Gasteiger partial charge in [-0.3, -0.25) is 0 Å². The molecule has 0 amide bonds. The second-order valence-corrected chi connectivity index (χ2v) is 7.54. The predicted octanol–water partition coefficient (Wildman–Crippen LogP) is 2.42. The van der Waals surface area contributed by atoms with Crippen LogP contribution in [0.5, 0.6) is 0 Å². The Morgan fingerprint density at radius 2 is 2.19 bits per heavy atom. The van der Waals surface area contributed by atoms with Crippen LogP contribution in [-0.2, 0) is 14.8 Å². The van der Waals surface area contributed by atoms with Crippen molar-refractivity contribution in [1.82, 2.24) is 4.31 Å². The van der Waals surface area contributed by atoms with Crippen molar-refractivity contribution in [3.8, 4) is 0 Å². The van der Waals surface area contributed by atoms with Crippen LogP contribution in [0.2, 0.25) is 5.02 Å². The third-order valence-corrected chi connectivity index (χ3v) is 5.99. The van der Waals surface area contributed by atoms with Gasteiger partial charge >= 0.3 is 0 Å². The van der Waals surface area contributed by atoms with Gasteiger partial charge in [-0.2, -0.15) is 4.31 Å². The minimum Gasteiger partial charge on any atom is -0.397 e. The highest BCUT2D eigenvalue weighted by atomic mass is 35.5. The standard InChI is InChI=1S/C14H21ClN2O3S/c1-3-20-11-5-4-6-17(9-11)21(18,19)14-8-13(16)12(15)7-10(14)2/h7-8,11H,3-6,9,16H2,1-2H3. The predicted molar refractivity (Wildman–Crippen MR) is 84.0 cm³/mol. The quantitative estimate of drug-likeness (QED) is 0.859. The van der Waals surface area contributed by atoms with E-state index in [1.54, 1.807) is 13.0 Å². The summed E-state index contributed by atoms with van der Waals surface area (Å²) in [6, 6.07) is 3.03. The molecule has 0 radical (unpaired) electrons. The average molecular weight is 333 g/mol. The fourth-order valence-electron chi connectivity index (χ4n) is 2.58. The molecule has 1 aromatic carbocycles. The van der Waals surface area contributed by atoms with E-state index in [-0.39, 0.29) is 16.7 Å². The van der Waals surface area contributed by atoms with Crippen molar-refractivity contribution in [2.24, 2.45) is 0 Å². The molecule has 1 atom stereocenters. The van der Waals surface area contributed by atoms with Gasteiger partial charge in [-0.1, -0.05) is 11.6 Å². The average Bonchev–Trinajstić information content (AvgIpc) is 2.43. The van der Waals surface area contributed by atoms with E-state index in [0.29, 0.717) is 30.3 Å². The van der Waals surface area contributed by atoms with Crippen LogP contribution in [0.25, 0.3) is 0 Å². The molecule has 0 aliphatic carbocycles. The van der Waals surface area contributed by atoms with Crippen LogP contribution in [-0.4, -0.2) is 38.5 Å². The van der Waals surface area contributed by atoms with Gasteiger partial charge < -0.3 is 10.5 Å². The summed E-state index contributed by atoms with van der Waals surface area (Å²) >= 11 is 5.93. The number of ether oxygens (including phenoxy) is 1. The van der Waals surface area contributed by atoms with Crippen molar-refractivity contribution in [3.63, 3.8) is 0 Å². The van der Waals surface area contributed by atoms with Crippen LogP contribution in [0.1, 0.15) is 25.3 Å². The fraction of sp³-hybridized carbons (Fsp3) is 0.571. The van der Waals surface area contributed by atoms with Crippen LogP contribution in [0.3, 0.4) is 0 Å². The molecule has 0 saturated carbocycles. The minimum absolute atomic E-state index is 0.0384. The number of anilines is 1. The third kappa shape index (κ3) is 3.51. The Hall–Kier alpha value is -0.820. The van der Waals surface area contributed by atoms with Gasteiger partial charge in [0.2, 0.25) is 10.0 Å². The topological polar surface area (TPSA) is 72.6 Å². The summed E-state index contributed by atoms with van der Waals surface area (Å²) in [5.74, 6) is 0. The molecule has 1 aromatic rings. The van der Waals surface area contributed by atoms with Crippen molar-refractivity contribution >= 4 is 27.3 Å². The number of hydrogen-bond donors (Lipinski definition) is 1. The number of piperidine rings is 1. The second kappa shape index (κ2) is 6.52. The maximum Gasteiger partial charge on any atom is 0.243 e. The minimum atomic E-state index is -3.57. The number of halogens is 1. The summed E-state index contributed by atoms with van der Waals surface area (Å²) in [5.41, 5.74) is 6.63. The molecule has 1 aliphatic rings. The number of nitrogen functional groups attached to an aromatic ring is 1. The smallest absolute Gasteiger partial charge is 0.243 e. The number of sulfonamides is 1. The molecule has 2 rings (SSSR count). The lowest BCUT2D eigenvalue weighted by Gasteiger charge is -2.32. The van der Waals surface area contributed by atoms with Crippen LogP contribution in [0.15, 0.2) is 17.0 Å². The maximum atomic E-state index is 12.8. The summed E-state index contributed by atoms with van der Waals surface area (Å²) in [5, 5.41) is 0.372. The van der Waals surface area contributed by atoms with Crippen molar-refractivity contribution in [3.05, 3.63) is 22.7 Å². The zero-order valence-corrected chi connectivity index (χ0v) is 13.9. The van der Waals surface area contributed by atoms with E-state index < -0.39 is 10.0 Å². The fourth-order valence-corrected chi connectivity index (χ4v) is 4.55. The number of nitrogens with zero attached hydrogens (tertiary/aromatic N) is 1. The van der Waals surface area contributed by atoms with E-state index in [9.17, 15) is 8.42 Å². The van der Waals surface area contributed by atoms with E-state index in [0.717, 1.165) is 12.8 Å². The van der Waals surface area contributed by atoms with Gasteiger partial charge in [-0.15, -0.1) is 0 Å². The number of rotatable bonds is 4. The van der Waals surface area contributed by atoms with E-state index in [1.165, 1.54) is 10.4 Å². The van der Waals surface area contributed by atoms with Gasteiger partial charge in [0, 0.05) is 19.7 Å². The normalized spacial score (nSPS) is 20.6. The first-order valence-corrected chi connectivity index (χ1v) is 8.85. The molecule has 21 heavy (non-hydrogen) atoms. The van der Waals surface area contributed by atoms with Crippen LogP contribution < -0.4 is 5.73 Å². The highest BCUT2D eigenvalue weighted by Gasteiger charge is 2.31. The zero-order chi connectivity index (χ0) is 15.6. The Labute approximate surface area is 131 Å². The van der Waals surface area contributed by atoms with E-state index >= 15 is 0 Å². The van der Waals surface area contributed by atoms with Crippen molar-refractivity contribution in [1.29, 1.82) is 0 Å². The molecule has 0 spiro atoms. The molecule has 7 heteroatoms. The first-order valence-electron chi connectivity index (χ1n) is 7.03. The number of nitrogens with two attached hydrogens (primary N) is 1. The Kier molecular flexibility index (Phi) is 5.14. The second-order valence-electron chi connectivity index (χ2n) is 5.22. The monoisotopic (exact) mass is 332 g/mol. The molecule has 1 fully saturated rings. The number of hydrogen-bond acceptors (Lipinski definition) is 4. The van der Waals surface area contributed by atoms with Crippen LogP contribution in [0, 0.1) is 6.92 Å². The van der Waals surface area contributed by atoms with Crippen molar-refractivity contribution in [2.75, 3.05) is 25.4 Å². The Morgan fingerprint density at radius 1 is 1.48 bits per heavy atom. The molecule has 0 aromatic heterocycles. The molecule has 0 bridgehead atoms. The van der Waals surface area contributed by atoms with Crippen molar-refractivity contribution in [2.45, 2.75) is 37.7 Å². The lowest BCUT2D eigenvalue weighted by Crippen LogP contribution is -2.43. The highest BCUT2D eigenvalue weighted by molar-refractivity contribution is 7.89. The first-order chi connectivity index (χ1) is 9.86. The van der Waals surface area contributed by atoms with E-state index in [4.69, 9.17) is 22.1 Å². The van der Waals surface area contributed by atoms with E-state index in [2.05, 4.69) is 0 Å². The molecule has 1 unspecified atom stereocenters. The molecule has 2 N–H and O–H groups in total. The van der Waals surface area contributed by atoms with Gasteiger partial charge in [0.25, 0.3) is 0 Å². The van der Waals surface area contributed by atoms with Gasteiger partial charge in [-0.05, 0) is 44.4 Å². The van der Waals surface area contributed by atoms with Crippen LogP contribution >= 0.6 is 11.6 Å². The molecule has 5 nitrogen and oxygen atoms in total. The van der Waals surface area contributed by atoms with Gasteiger partial charge in [0.15, 0.2) is 0 Å². The summed E-state index contributed by atoms with van der Waals surface area (Å²) in [7, 11) is -3.57. The molecule has 118 valence electrons. The van der Waals surface area contributed by atoms with E-state index in [1.807, 2.05) is 6.92 Å². The highest BCUT2D eigenvalue weighted by Crippen LogP contribution is 2.29. The van der Waals surface area contributed by atoms with Gasteiger partial charge in [-0.25, -0.2) is 8.42 Å². The zero-order valence-electron chi connectivity index (χ0n) is 12.3. The lowest BCUT2D eigenvalue weighted by atomic mass is 10.1. The molecule has 1 saturated heterocycles. The maximum absolute atomic E-state index is 12.8. The molecular formula is C14H21ClN2O3S.